The third-order valence-electron chi connectivity index (χ3n) is 5.69. The molecule has 1 aliphatic heterocycles. The van der Waals surface area contributed by atoms with Crippen LogP contribution < -0.4 is 10.2 Å². The minimum Gasteiger partial charge on any atom is -0.368 e. The number of halogens is 3. The van der Waals surface area contributed by atoms with Crippen LogP contribution in [0.3, 0.4) is 0 Å². The van der Waals surface area contributed by atoms with E-state index in [1.165, 1.54) is 12.1 Å². The number of allylic oxidation sites excluding steroid dienone is 2. The maximum absolute atomic E-state index is 13.6. The summed E-state index contributed by atoms with van der Waals surface area (Å²) in [5, 5.41) is 3.52. The van der Waals surface area contributed by atoms with E-state index >= 15 is 0 Å². The first-order valence-electron chi connectivity index (χ1n) is 10.0. The van der Waals surface area contributed by atoms with Crippen LogP contribution >= 0.6 is 0 Å². The van der Waals surface area contributed by atoms with Crippen molar-refractivity contribution in [2.75, 3.05) is 11.4 Å². The Labute approximate surface area is 161 Å². The van der Waals surface area contributed by atoms with Crippen LogP contribution in [0.25, 0.3) is 5.57 Å². The van der Waals surface area contributed by atoms with E-state index in [0.717, 1.165) is 35.2 Å². The molecule has 2 rings (SSSR count). The van der Waals surface area contributed by atoms with Crippen LogP contribution in [-0.2, 0) is 6.18 Å². The molecule has 152 valence electrons. The monoisotopic (exact) mass is 382 g/mol. The Balaban J connectivity index is 2.60. The lowest BCUT2D eigenvalue weighted by Gasteiger charge is -2.42. The van der Waals surface area contributed by atoms with E-state index in [9.17, 15) is 13.2 Å². The molecule has 27 heavy (non-hydrogen) atoms. The number of rotatable bonds is 5. The van der Waals surface area contributed by atoms with Gasteiger partial charge in [-0.3, -0.25) is 0 Å². The molecule has 2 unspecified atom stereocenters. The fourth-order valence-electron chi connectivity index (χ4n) is 4.46. The first-order valence-corrected chi connectivity index (χ1v) is 10.0. The van der Waals surface area contributed by atoms with Crippen molar-refractivity contribution in [3.63, 3.8) is 0 Å². The zero-order chi connectivity index (χ0) is 20.4. The zero-order valence-electron chi connectivity index (χ0n) is 17.4. The molecule has 5 heteroatoms. The number of anilines is 1. The van der Waals surface area contributed by atoms with Crippen molar-refractivity contribution in [2.45, 2.75) is 85.1 Å². The van der Waals surface area contributed by atoms with Gasteiger partial charge in [0.15, 0.2) is 0 Å². The number of hydrogen-bond acceptors (Lipinski definition) is 2. The largest absolute Gasteiger partial charge is 0.416 e. The molecule has 1 aliphatic rings. The summed E-state index contributed by atoms with van der Waals surface area (Å²) in [4.78, 5) is 2.19. The highest BCUT2D eigenvalue weighted by Gasteiger charge is 2.34. The van der Waals surface area contributed by atoms with E-state index in [0.29, 0.717) is 25.0 Å². The first-order chi connectivity index (χ1) is 12.6. The summed E-state index contributed by atoms with van der Waals surface area (Å²) >= 11 is 0. The Kier molecular flexibility index (Phi) is 7.01. The second-order valence-electron chi connectivity index (χ2n) is 7.71. The summed E-state index contributed by atoms with van der Waals surface area (Å²) in [7, 11) is 0. The molecule has 2 atom stereocenters. The Bertz CT molecular complexity index is 669. The van der Waals surface area contributed by atoms with Gasteiger partial charge in [0.1, 0.15) is 0 Å². The third-order valence-corrected chi connectivity index (χ3v) is 5.69. The fourth-order valence-corrected chi connectivity index (χ4v) is 4.46. The average molecular weight is 383 g/mol. The Morgan fingerprint density at radius 2 is 1.78 bits per heavy atom. The average Bonchev–Trinajstić information content (AvgIpc) is 2.57. The third kappa shape index (κ3) is 4.87. The van der Waals surface area contributed by atoms with Crippen molar-refractivity contribution in [2.24, 2.45) is 0 Å². The second kappa shape index (κ2) is 8.68. The standard InChI is InChI=1S/C22H33F3N2/c1-7-17(8-2)20-12-18(22(23,24)25)13-21(16(20)6)27(9-3)19-10-14(4)26-15(5)11-19/h7,12-15,19,26H,8-11H2,1-6H3. The highest BCUT2D eigenvalue weighted by Crippen LogP contribution is 2.39. The van der Waals surface area contributed by atoms with Gasteiger partial charge >= 0.3 is 6.18 Å². The van der Waals surface area contributed by atoms with Crippen LogP contribution in [0, 0.1) is 6.92 Å². The van der Waals surface area contributed by atoms with Gasteiger partial charge in [0.25, 0.3) is 0 Å². The molecule has 1 aromatic carbocycles. The number of alkyl halides is 3. The van der Waals surface area contributed by atoms with Crippen molar-refractivity contribution in [1.29, 1.82) is 0 Å². The van der Waals surface area contributed by atoms with Crippen molar-refractivity contribution < 1.29 is 13.2 Å². The van der Waals surface area contributed by atoms with Gasteiger partial charge in [-0.15, -0.1) is 0 Å². The lowest BCUT2D eigenvalue weighted by atomic mass is 9.90. The number of hydrogen-bond donors (Lipinski definition) is 1. The van der Waals surface area contributed by atoms with Crippen LogP contribution in [0.5, 0.6) is 0 Å². The van der Waals surface area contributed by atoms with Gasteiger partial charge in [0.05, 0.1) is 5.56 Å². The summed E-state index contributed by atoms with van der Waals surface area (Å²) in [6.45, 7) is 12.9. The number of piperidine rings is 1. The molecule has 0 aliphatic carbocycles. The first kappa shape index (κ1) is 21.8. The lowest BCUT2D eigenvalue weighted by molar-refractivity contribution is -0.137. The molecule has 2 nitrogen and oxygen atoms in total. The van der Waals surface area contributed by atoms with Gasteiger partial charge in [0.2, 0.25) is 0 Å². The van der Waals surface area contributed by atoms with Crippen LogP contribution in [-0.4, -0.2) is 24.7 Å². The van der Waals surface area contributed by atoms with Crippen LogP contribution in [0.2, 0.25) is 0 Å². The quantitative estimate of drug-likeness (QED) is 0.654. The van der Waals surface area contributed by atoms with Gasteiger partial charge < -0.3 is 10.2 Å². The van der Waals surface area contributed by atoms with E-state index in [1.54, 1.807) is 0 Å². The maximum Gasteiger partial charge on any atom is 0.416 e. The zero-order valence-corrected chi connectivity index (χ0v) is 17.4. The molecule has 1 fully saturated rings. The topological polar surface area (TPSA) is 15.3 Å². The molecular weight excluding hydrogens is 349 g/mol. The summed E-state index contributed by atoms with van der Waals surface area (Å²) in [6, 6.07) is 3.63. The molecule has 1 N–H and O–H groups in total. The van der Waals surface area contributed by atoms with E-state index < -0.39 is 11.7 Å². The summed E-state index contributed by atoms with van der Waals surface area (Å²) in [6.07, 6.45) is 0.168. The molecule has 1 saturated heterocycles. The van der Waals surface area contributed by atoms with Gasteiger partial charge in [0, 0.05) is 30.4 Å². The highest BCUT2D eigenvalue weighted by molar-refractivity contribution is 5.74. The van der Waals surface area contributed by atoms with Crippen molar-refractivity contribution in [3.8, 4) is 0 Å². The molecule has 0 amide bonds. The predicted molar refractivity (Wildman–Crippen MR) is 108 cm³/mol. The van der Waals surface area contributed by atoms with Crippen LogP contribution in [0.1, 0.15) is 70.6 Å². The van der Waals surface area contributed by atoms with Crippen molar-refractivity contribution in [1.82, 2.24) is 5.32 Å². The Morgan fingerprint density at radius 3 is 2.22 bits per heavy atom. The molecular formula is C22H33F3N2. The van der Waals surface area contributed by atoms with E-state index in [2.05, 4.69) is 24.1 Å². The smallest absolute Gasteiger partial charge is 0.368 e. The van der Waals surface area contributed by atoms with Crippen LogP contribution in [0.15, 0.2) is 18.2 Å². The summed E-state index contributed by atoms with van der Waals surface area (Å²) < 4.78 is 40.9. The SMILES string of the molecule is CC=C(CC)c1cc(C(F)(F)F)cc(N(CC)C2CC(C)NC(C)C2)c1C. The van der Waals surface area contributed by atoms with Gasteiger partial charge in [-0.05, 0) is 82.7 Å². The lowest BCUT2D eigenvalue weighted by Crippen LogP contribution is -2.51. The van der Waals surface area contributed by atoms with E-state index in [4.69, 9.17) is 0 Å². The van der Waals surface area contributed by atoms with Gasteiger partial charge in [-0.1, -0.05) is 13.0 Å². The molecule has 0 radical (unpaired) electrons. The molecule has 0 spiro atoms. The maximum atomic E-state index is 13.6. The predicted octanol–water partition coefficient (Wildman–Crippen LogP) is 6.18. The van der Waals surface area contributed by atoms with Gasteiger partial charge in [-0.2, -0.15) is 13.2 Å². The van der Waals surface area contributed by atoms with Crippen molar-refractivity contribution in [3.05, 3.63) is 34.9 Å². The highest BCUT2D eigenvalue weighted by atomic mass is 19.4. The Hall–Kier alpha value is -1.49. The fraction of sp³-hybridized carbons (Fsp3) is 0.636. The van der Waals surface area contributed by atoms with E-state index in [-0.39, 0.29) is 6.04 Å². The number of nitrogens with one attached hydrogen (secondary N) is 1. The Morgan fingerprint density at radius 1 is 1.19 bits per heavy atom. The molecule has 0 aromatic heterocycles. The molecule has 1 aromatic rings. The molecule has 1 heterocycles. The summed E-state index contributed by atoms with van der Waals surface area (Å²) in [5.41, 5.74) is 2.79. The van der Waals surface area contributed by atoms with Crippen molar-refractivity contribution >= 4 is 11.3 Å². The normalized spacial score (nSPS) is 24.2. The number of benzene rings is 1. The molecule has 0 saturated carbocycles. The van der Waals surface area contributed by atoms with Gasteiger partial charge in [-0.25, -0.2) is 0 Å². The summed E-state index contributed by atoms with van der Waals surface area (Å²) in [5.74, 6) is 0. The minimum absolute atomic E-state index is 0.243. The molecule has 0 bridgehead atoms. The minimum atomic E-state index is -4.35. The van der Waals surface area contributed by atoms with E-state index in [1.807, 2.05) is 33.8 Å². The van der Waals surface area contributed by atoms with Crippen LogP contribution in [0.4, 0.5) is 18.9 Å². The number of nitrogens with zero attached hydrogens (tertiary/aromatic N) is 1. The second-order valence-corrected chi connectivity index (χ2v) is 7.71.